The normalized spacial score (nSPS) is 10.3. The van der Waals surface area contributed by atoms with Gasteiger partial charge in [-0.05, 0) is 30.5 Å². The first-order valence-corrected chi connectivity index (χ1v) is 6.50. The van der Waals surface area contributed by atoms with Gasteiger partial charge in [0.25, 0.3) is 0 Å². The molecule has 0 aliphatic rings. The lowest BCUT2D eigenvalue weighted by Crippen LogP contribution is -2.33. The fourth-order valence-corrected chi connectivity index (χ4v) is 1.95. The summed E-state index contributed by atoms with van der Waals surface area (Å²) in [7, 11) is 0. The molecule has 4 nitrogen and oxygen atoms in total. The van der Waals surface area contributed by atoms with Crippen LogP contribution in [-0.2, 0) is 11.2 Å². The first kappa shape index (κ1) is 14.4. The Balaban J connectivity index is 2.72. The minimum Gasteiger partial charge on any atom is -0.399 e. The number of rotatable bonds is 6. The van der Waals surface area contributed by atoms with Crippen molar-refractivity contribution >= 4 is 17.3 Å². The van der Waals surface area contributed by atoms with Crippen LogP contribution in [0.5, 0.6) is 0 Å². The highest BCUT2D eigenvalue weighted by molar-refractivity contribution is 5.80. The average Bonchev–Trinajstić information content (AvgIpc) is 2.32. The summed E-state index contributed by atoms with van der Waals surface area (Å²) >= 11 is 0. The quantitative estimate of drug-likeness (QED) is 0.758. The number of hydrogen-bond donors (Lipinski definition) is 2. The van der Waals surface area contributed by atoms with E-state index in [1.165, 1.54) is 0 Å². The third-order valence-corrected chi connectivity index (χ3v) is 2.85. The summed E-state index contributed by atoms with van der Waals surface area (Å²) in [6.07, 6.45) is 2.30. The summed E-state index contributed by atoms with van der Waals surface area (Å²) in [4.78, 5) is 14.1. The van der Waals surface area contributed by atoms with Crippen LogP contribution >= 0.6 is 0 Å². The van der Waals surface area contributed by atoms with Crippen molar-refractivity contribution in [2.24, 2.45) is 0 Å². The summed E-state index contributed by atoms with van der Waals surface area (Å²) < 4.78 is 0. The van der Waals surface area contributed by atoms with E-state index in [4.69, 9.17) is 11.5 Å². The van der Waals surface area contributed by atoms with Gasteiger partial charge in [0.15, 0.2) is 0 Å². The van der Waals surface area contributed by atoms with Crippen LogP contribution < -0.4 is 11.5 Å². The third-order valence-electron chi connectivity index (χ3n) is 2.85. The van der Waals surface area contributed by atoms with Crippen LogP contribution in [0, 0.1) is 0 Å². The molecule has 100 valence electrons. The van der Waals surface area contributed by atoms with Crippen molar-refractivity contribution < 1.29 is 4.79 Å². The zero-order valence-electron chi connectivity index (χ0n) is 11.3. The Morgan fingerprint density at radius 3 is 2.28 bits per heavy atom. The van der Waals surface area contributed by atoms with Crippen molar-refractivity contribution in [2.75, 3.05) is 24.6 Å². The fourth-order valence-electron chi connectivity index (χ4n) is 1.95. The van der Waals surface area contributed by atoms with E-state index >= 15 is 0 Å². The number of anilines is 2. The number of nitrogens with zero attached hydrogens (tertiary/aromatic N) is 1. The third kappa shape index (κ3) is 3.95. The van der Waals surface area contributed by atoms with E-state index in [-0.39, 0.29) is 5.91 Å². The van der Waals surface area contributed by atoms with E-state index in [1.54, 1.807) is 12.1 Å². The van der Waals surface area contributed by atoms with Crippen molar-refractivity contribution in [3.8, 4) is 0 Å². The highest BCUT2D eigenvalue weighted by Gasteiger charge is 2.13. The first-order chi connectivity index (χ1) is 8.58. The number of benzene rings is 1. The van der Waals surface area contributed by atoms with Gasteiger partial charge in [-0.25, -0.2) is 0 Å². The molecule has 18 heavy (non-hydrogen) atoms. The molecule has 0 heterocycles. The van der Waals surface area contributed by atoms with Gasteiger partial charge in [-0.2, -0.15) is 0 Å². The Bertz CT molecular complexity index is 398. The van der Waals surface area contributed by atoms with Gasteiger partial charge in [-0.1, -0.05) is 19.9 Å². The van der Waals surface area contributed by atoms with E-state index in [0.29, 0.717) is 17.8 Å². The van der Waals surface area contributed by atoms with Gasteiger partial charge in [-0.3, -0.25) is 4.79 Å². The molecule has 0 radical (unpaired) electrons. The lowest BCUT2D eigenvalue weighted by atomic mass is 10.1. The molecule has 0 fully saturated rings. The summed E-state index contributed by atoms with van der Waals surface area (Å²) in [5.74, 6) is 0.134. The smallest absolute Gasteiger partial charge is 0.227 e. The molecule has 0 atom stereocenters. The maximum atomic E-state index is 12.2. The highest BCUT2D eigenvalue weighted by Crippen LogP contribution is 2.17. The van der Waals surface area contributed by atoms with Gasteiger partial charge in [0.1, 0.15) is 0 Å². The van der Waals surface area contributed by atoms with Gasteiger partial charge in [0.2, 0.25) is 5.91 Å². The Labute approximate surface area is 109 Å². The second-order valence-corrected chi connectivity index (χ2v) is 4.52. The van der Waals surface area contributed by atoms with Gasteiger partial charge in [-0.15, -0.1) is 0 Å². The molecule has 1 rings (SSSR count). The van der Waals surface area contributed by atoms with E-state index in [1.807, 2.05) is 11.0 Å². The lowest BCUT2D eigenvalue weighted by Gasteiger charge is -2.21. The zero-order chi connectivity index (χ0) is 13.5. The largest absolute Gasteiger partial charge is 0.399 e. The van der Waals surface area contributed by atoms with Crippen molar-refractivity contribution in [3.63, 3.8) is 0 Å². The Morgan fingerprint density at radius 2 is 1.78 bits per heavy atom. The topological polar surface area (TPSA) is 72.3 Å². The molecule has 0 aliphatic heterocycles. The molecular formula is C14H23N3O. The van der Waals surface area contributed by atoms with Crippen LogP contribution in [0.3, 0.4) is 0 Å². The van der Waals surface area contributed by atoms with E-state index in [0.717, 1.165) is 31.5 Å². The lowest BCUT2D eigenvalue weighted by molar-refractivity contribution is -0.130. The standard InChI is InChI=1S/C14H23N3O/c1-3-7-17(8-4-2)14(18)9-11-5-6-12(15)10-13(11)16/h5-6,10H,3-4,7-9,15-16H2,1-2H3. The predicted molar refractivity (Wildman–Crippen MR) is 76.1 cm³/mol. The maximum Gasteiger partial charge on any atom is 0.227 e. The van der Waals surface area contributed by atoms with Crippen molar-refractivity contribution in [2.45, 2.75) is 33.1 Å². The average molecular weight is 249 g/mol. The zero-order valence-corrected chi connectivity index (χ0v) is 11.3. The molecule has 0 unspecified atom stereocenters. The van der Waals surface area contributed by atoms with Crippen molar-refractivity contribution in [1.82, 2.24) is 4.90 Å². The first-order valence-electron chi connectivity index (χ1n) is 6.50. The fraction of sp³-hybridized carbons (Fsp3) is 0.500. The number of carbonyl (C=O) groups is 1. The summed E-state index contributed by atoms with van der Waals surface area (Å²) in [5.41, 5.74) is 13.6. The molecule has 0 saturated heterocycles. The molecular weight excluding hydrogens is 226 g/mol. The Hall–Kier alpha value is -1.71. The molecule has 1 aromatic rings. The molecule has 0 aromatic heterocycles. The van der Waals surface area contributed by atoms with Crippen LogP contribution in [0.1, 0.15) is 32.3 Å². The molecule has 0 saturated carbocycles. The Morgan fingerprint density at radius 1 is 1.17 bits per heavy atom. The van der Waals surface area contributed by atoms with Crippen molar-refractivity contribution in [1.29, 1.82) is 0 Å². The van der Waals surface area contributed by atoms with Crippen LogP contribution in [0.15, 0.2) is 18.2 Å². The second-order valence-electron chi connectivity index (χ2n) is 4.52. The van der Waals surface area contributed by atoms with Crippen LogP contribution in [-0.4, -0.2) is 23.9 Å². The number of nitrogens with two attached hydrogens (primary N) is 2. The van der Waals surface area contributed by atoms with Gasteiger partial charge in [0, 0.05) is 24.5 Å². The van der Waals surface area contributed by atoms with E-state index < -0.39 is 0 Å². The number of amides is 1. The number of carbonyl (C=O) groups excluding carboxylic acids is 1. The molecule has 0 aliphatic carbocycles. The van der Waals surface area contributed by atoms with E-state index in [2.05, 4.69) is 13.8 Å². The monoisotopic (exact) mass is 249 g/mol. The Kier molecular flexibility index (Phi) is 5.49. The molecule has 0 spiro atoms. The summed E-state index contributed by atoms with van der Waals surface area (Å²) in [6.45, 7) is 5.77. The summed E-state index contributed by atoms with van der Waals surface area (Å²) in [6, 6.07) is 5.31. The van der Waals surface area contributed by atoms with Crippen LogP contribution in [0.25, 0.3) is 0 Å². The maximum absolute atomic E-state index is 12.2. The SMILES string of the molecule is CCCN(CCC)C(=O)Cc1ccc(N)cc1N. The highest BCUT2D eigenvalue weighted by atomic mass is 16.2. The van der Waals surface area contributed by atoms with Gasteiger partial charge >= 0.3 is 0 Å². The predicted octanol–water partition coefficient (Wildman–Crippen LogP) is 2.04. The summed E-state index contributed by atoms with van der Waals surface area (Å²) in [5, 5.41) is 0. The molecule has 1 aromatic carbocycles. The molecule has 1 amide bonds. The molecule has 4 heteroatoms. The van der Waals surface area contributed by atoms with Crippen LogP contribution in [0.4, 0.5) is 11.4 Å². The molecule has 0 bridgehead atoms. The second kappa shape index (κ2) is 6.89. The van der Waals surface area contributed by atoms with Gasteiger partial charge < -0.3 is 16.4 Å². The van der Waals surface area contributed by atoms with Crippen molar-refractivity contribution in [3.05, 3.63) is 23.8 Å². The van der Waals surface area contributed by atoms with E-state index in [9.17, 15) is 4.79 Å². The molecule has 4 N–H and O–H groups in total. The minimum absolute atomic E-state index is 0.134. The number of nitrogen functional groups attached to an aromatic ring is 2. The minimum atomic E-state index is 0.134. The van der Waals surface area contributed by atoms with Gasteiger partial charge in [0.05, 0.1) is 6.42 Å². The van der Waals surface area contributed by atoms with Crippen LogP contribution in [0.2, 0.25) is 0 Å². The number of hydrogen-bond acceptors (Lipinski definition) is 3.